The quantitative estimate of drug-likeness (QED) is 0.384. The Morgan fingerprint density at radius 2 is 2.16 bits per heavy atom. The molecule has 0 saturated heterocycles. The van der Waals surface area contributed by atoms with Crippen molar-refractivity contribution in [2.45, 2.75) is 13.8 Å². The lowest BCUT2D eigenvalue weighted by Gasteiger charge is -2.13. The molecule has 0 aliphatic heterocycles. The van der Waals surface area contributed by atoms with E-state index in [2.05, 4.69) is 11.7 Å². The van der Waals surface area contributed by atoms with Gasteiger partial charge in [0.25, 0.3) is 0 Å². The van der Waals surface area contributed by atoms with E-state index in [1.165, 1.54) is 13.0 Å². The fraction of sp³-hybridized carbons (Fsp3) is 0.235. The Labute approximate surface area is 149 Å². The summed E-state index contributed by atoms with van der Waals surface area (Å²) in [5.41, 5.74) is 0.715. The Bertz CT molecular complexity index is 814. The number of ether oxygens (including phenoxy) is 2. The minimum atomic E-state index is -0.531. The van der Waals surface area contributed by atoms with Crippen LogP contribution in [0.4, 0.5) is 5.69 Å². The van der Waals surface area contributed by atoms with Crippen molar-refractivity contribution in [2.24, 2.45) is 0 Å². The van der Waals surface area contributed by atoms with Crippen LogP contribution in [0.15, 0.2) is 29.3 Å². The van der Waals surface area contributed by atoms with E-state index in [0.717, 1.165) is 0 Å². The minimum absolute atomic E-state index is 0.0589. The smallest absolute Gasteiger partial charge is 0.338 e. The molecular weight excluding hydrogens is 348 g/mol. The molecule has 7 nitrogen and oxygen atoms in total. The zero-order valence-electron chi connectivity index (χ0n) is 13.8. The predicted octanol–water partition coefficient (Wildman–Crippen LogP) is 4.68. The first-order valence-corrected chi connectivity index (χ1v) is 7.84. The zero-order chi connectivity index (χ0) is 18.4. The molecule has 0 aliphatic rings. The van der Waals surface area contributed by atoms with Gasteiger partial charge >= 0.3 is 5.69 Å². The van der Waals surface area contributed by atoms with Gasteiger partial charge in [0.15, 0.2) is 17.2 Å². The monoisotopic (exact) mass is 364 g/mol. The number of aryl methyl sites for hydroxylation is 1. The molecule has 2 rings (SSSR count). The lowest BCUT2D eigenvalue weighted by Crippen LogP contribution is -2.00. The highest BCUT2D eigenvalue weighted by Crippen LogP contribution is 2.37. The SMILES string of the molecule is C=CCOc1c(Cl)cc(C=Cc2onc(C)c2[N+](=O)[O-])cc1OCC. The predicted molar refractivity (Wildman–Crippen MR) is 95.1 cm³/mol. The van der Waals surface area contributed by atoms with Crippen LogP contribution in [0.2, 0.25) is 5.02 Å². The molecule has 25 heavy (non-hydrogen) atoms. The van der Waals surface area contributed by atoms with Gasteiger partial charge < -0.3 is 14.0 Å². The highest BCUT2D eigenvalue weighted by Gasteiger charge is 2.22. The maximum Gasteiger partial charge on any atom is 0.338 e. The molecule has 0 aliphatic carbocycles. The van der Waals surface area contributed by atoms with Crippen molar-refractivity contribution < 1.29 is 18.9 Å². The average Bonchev–Trinajstić information content (AvgIpc) is 2.93. The first kappa shape index (κ1) is 18.5. The van der Waals surface area contributed by atoms with Crippen molar-refractivity contribution in [3.05, 3.63) is 56.9 Å². The van der Waals surface area contributed by atoms with E-state index < -0.39 is 4.92 Å². The fourth-order valence-corrected chi connectivity index (χ4v) is 2.39. The topological polar surface area (TPSA) is 87.6 Å². The van der Waals surface area contributed by atoms with E-state index >= 15 is 0 Å². The van der Waals surface area contributed by atoms with E-state index in [9.17, 15) is 10.1 Å². The molecule has 0 bridgehead atoms. The van der Waals surface area contributed by atoms with Crippen molar-refractivity contribution in [3.63, 3.8) is 0 Å². The van der Waals surface area contributed by atoms with Crippen LogP contribution in [0.3, 0.4) is 0 Å². The van der Waals surface area contributed by atoms with Crippen molar-refractivity contribution in [1.29, 1.82) is 0 Å². The van der Waals surface area contributed by atoms with Gasteiger partial charge in [-0.05, 0) is 37.6 Å². The van der Waals surface area contributed by atoms with Crippen LogP contribution in [0, 0.1) is 17.0 Å². The fourth-order valence-electron chi connectivity index (χ4n) is 2.12. The number of halogens is 1. The normalized spacial score (nSPS) is 10.8. The number of nitro groups is 1. The van der Waals surface area contributed by atoms with E-state index in [-0.39, 0.29) is 17.1 Å². The second kappa shape index (κ2) is 8.34. The van der Waals surface area contributed by atoms with Gasteiger partial charge in [0.05, 0.1) is 16.6 Å². The summed E-state index contributed by atoms with van der Waals surface area (Å²) in [4.78, 5) is 10.5. The summed E-state index contributed by atoms with van der Waals surface area (Å²) in [6.45, 7) is 7.67. The average molecular weight is 365 g/mol. The summed E-state index contributed by atoms with van der Waals surface area (Å²) in [6.07, 6.45) is 4.69. The Morgan fingerprint density at radius 1 is 1.40 bits per heavy atom. The third-order valence-electron chi connectivity index (χ3n) is 3.14. The van der Waals surface area contributed by atoms with Crippen molar-refractivity contribution >= 4 is 29.4 Å². The highest BCUT2D eigenvalue weighted by molar-refractivity contribution is 6.32. The molecule has 1 aromatic carbocycles. The molecule has 0 N–H and O–H groups in total. The molecule has 0 unspecified atom stereocenters. The molecular formula is C17H17ClN2O5. The summed E-state index contributed by atoms with van der Waals surface area (Å²) in [5.74, 6) is 0.949. The van der Waals surface area contributed by atoms with E-state index in [1.54, 1.807) is 24.3 Å². The highest BCUT2D eigenvalue weighted by atomic mass is 35.5. The van der Waals surface area contributed by atoms with E-state index in [0.29, 0.717) is 35.3 Å². The molecule has 1 aromatic heterocycles. The Kier molecular flexibility index (Phi) is 6.19. The van der Waals surface area contributed by atoms with Crippen LogP contribution in [0.5, 0.6) is 11.5 Å². The third-order valence-corrected chi connectivity index (χ3v) is 3.42. The minimum Gasteiger partial charge on any atom is -0.490 e. The van der Waals surface area contributed by atoms with Gasteiger partial charge in [-0.25, -0.2) is 0 Å². The van der Waals surface area contributed by atoms with Crippen LogP contribution >= 0.6 is 11.6 Å². The maximum atomic E-state index is 11.1. The Morgan fingerprint density at radius 3 is 2.80 bits per heavy atom. The second-order valence-corrected chi connectivity index (χ2v) is 5.34. The molecule has 0 saturated carbocycles. The summed E-state index contributed by atoms with van der Waals surface area (Å²) >= 11 is 6.26. The van der Waals surface area contributed by atoms with Crippen LogP contribution in [0.25, 0.3) is 12.2 Å². The zero-order valence-corrected chi connectivity index (χ0v) is 14.6. The molecule has 1 heterocycles. The van der Waals surface area contributed by atoms with Crippen LogP contribution in [-0.2, 0) is 0 Å². The number of benzene rings is 1. The number of hydrogen-bond acceptors (Lipinski definition) is 6. The summed E-state index contributed by atoms with van der Waals surface area (Å²) < 4.78 is 16.1. The van der Waals surface area contributed by atoms with Gasteiger partial charge in [-0.2, -0.15) is 0 Å². The van der Waals surface area contributed by atoms with Crippen LogP contribution in [0.1, 0.15) is 23.9 Å². The Balaban J connectivity index is 2.36. The largest absolute Gasteiger partial charge is 0.490 e. The molecule has 2 aromatic rings. The summed E-state index contributed by atoms with van der Waals surface area (Å²) in [6, 6.07) is 3.38. The first-order chi connectivity index (χ1) is 12.0. The number of aromatic nitrogens is 1. The number of hydrogen-bond donors (Lipinski definition) is 0. The lowest BCUT2D eigenvalue weighted by atomic mass is 10.1. The summed E-state index contributed by atoms with van der Waals surface area (Å²) in [7, 11) is 0. The van der Waals surface area contributed by atoms with Gasteiger partial charge in [0.2, 0.25) is 5.76 Å². The number of nitrogens with zero attached hydrogens (tertiary/aromatic N) is 2. The maximum absolute atomic E-state index is 11.1. The molecule has 0 spiro atoms. The van der Waals surface area contributed by atoms with Crippen molar-refractivity contribution in [2.75, 3.05) is 13.2 Å². The first-order valence-electron chi connectivity index (χ1n) is 7.46. The molecule has 0 atom stereocenters. The lowest BCUT2D eigenvalue weighted by molar-refractivity contribution is -0.386. The Hall–Kier alpha value is -2.80. The van der Waals surface area contributed by atoms with Gasteiger partial charge in [-0.1, -0.05) is 35.5 Å². The van der Waals surface area contributed by atoms with Gasteiger partial charge in [0.1, 0.15) is 6.61 Å². The molecule has 0 fully saturated rings. The molecule has 132 valence electrons. The second-order valence-electron chi connectivity index (χ2n) is 4.93. The molecule has 0 radical (unpaired) electrons. The molecule has 8 heteroatoms. The standard InChI is InChI=1S/C17H17ClN2O5/c1-4-8-24-17-13(18)9-12(10-15(17)23-5-2)6-7-14-16(20(21)22)11(3)19-25-14/h4,6-7,9-10H,1,5,8H2,2-3H3. The number of rotatable bonds is 8. The van der Waals surface area contributed by atoms with Crippen molar-refractivity contribution in [3.8, 4) is 11.5 Å². The van der Waals surface area contributed by atoms with Gasteiger partial charge in [0, 0.05) is 0 Å². The van der Waals surface area contributed by atoms with E-state index in [1.807, 2.05) is 6.92 Å². The van der Waals surface area contributed by atoms with E-state index in [4.69, 9.17) is 25.6 Å². The third kappa shape index (κ3) is 4.39. The van der Waals surface area contributed by atoms with Crippen LogP contribution in [-0.4, -0.2) is 23.3 Å². The summed E-state index contributed by atoms with van der Waals surface area (Å²) in [5, 5.41) is 15.0. The van der Waals surface area contributed by atoms with Gasteiger partial charge in [-0.3, -0.25) is 10.1 Å². The van der Waals surface area contributed by atoms with Crippen molar-refractivity contribution in [1.82, 2.24) is 5.16 Å². The molecule has 0 amide bonds. The van der Waals surface area contributed by atoms with Gasteiger partial charge in [-0.15, -0.1) is 0 Å². The van der Waals surface area contributed by atoms with Crippen LogP contribution < -0.4 is 9.47 Å².